The molecular weight excluding hydrogens is 284 g/mol. The summed E-state index contributed by atoms with van der Waals surface area (Å²) in [6.45, 7) is 4.97. The Balaban J connectivity index is 1.68. The number of rotatable bonds is 6. The molecule has 3 nitrogen and oxygen atoms in total. The van der Waals surface area contributed by atoms with E-state index < -0.39 is 0 Å². The van der Waals surface area contributed by atoms with E-state index in [0.29, 0.717) is 19.0 Å². The lowest BCUT2D eigenvalue weighted by molar-refractivity contribution is -0.132. The van der Waals surface area contributed by atoms with Gasteiger partial charge < -0.3 is 4.90 Å². The number of aryl methyl sites for hydroxylation is 1. The van der Waals surface area contributed by atoms with Crippen LogP contribution in [0.4, 0.5) is 0 Å². The van der Waals surface area contributed by atoms with E-state index in [4.69, 9.17) is 0 Å². The number of aromatic nitrogens is 1. The number of hydrogen-bond acceptors (Lipinski definition) is 2. The molecule has 1 fully saturated rings. The van der Waals surface area contributed by atoms with Crippen molar-refractivity contribution in [3.63, 3.8) is 0 Å². The van der Waals surface area contributed by atoms with Gasteiger partial charge in [-0.25, -0.2) is 0 Å². The number of amides is 1. The van der Waals surface area contributed by atoms with Crippen molar-refractivity contribution < 1.29 is 4.79 Å². The standard InChI is InChI=1S/C20H24N2O/c1-15-5-3-4-6-19(15)16(2)13-20(23)22(18-7-8-18)14-17-9-11-21-12-10-17/h3-6,9-12,16,18H,7-8,13-14H2,1-2H3. The van der Waals surface area contributed by atoms with Crippen LogP contribution in [0.1, 0.15) is 48.8 Å². The summed E-state index contributed by atoms with van der Waals surface area (Å²) in [6.07, 6.45) is 6.43. The molecule has 0 bridgehead atoms. The van der Waals surface area contributed by atoms with Crippen molar-refractivity contribution in [1.82, 2.24) is 9.88 Å². The third-order valence-corrected chi connectivity index (χ3v) is 4.61. The zero-order chi connectivity index (χ0) is 16.2. The van der Waals surface area contributed by atoms with Gasteiger partial charge in [-0.1, -0.05) is 31.2 Å². The zero-order valence-electron chi connectivity index (χ0n) is 13.9. The highest BCUT2D eigenvalue weighted by atomic mass is 16.2. The predicted octanol–water partition coefficient (Wildman–Crippen LogP) is 4.07. The molecule has 0 saturated heterocycles. The lowest BCUT2D eigenvalue weighted by Gasteiger charge is -2.25. The van der Waals surface area contributed by atoms with Crippen LogP contribution in [-0.4, -0.2) is 21.8 Å². The van der Waals surface area contributed by atoms with Gasteiger partial charge in [-0.15, -0.1) is 0 Å². The molecule has 1 amide bonds. The summed E-state index contributed by atoms with van der Waals surface area (Å²) in [5.74, 6) is 0.516. The average Bonchev–Trinajstić information content (AvgIpc) is 3.38. The maximum absolute atomic E-state index is 12.8. The molecule has 1 heterocycles. The van der Waals surface area contributed by atoms with Crippen molar-refractivity contribution in [3.05, 3.63) is 65.5 Å². The minimum Gasteiger partial charge on any atom is -0.335 e. The highest BCUT2D eigenvalue weighted by Crippen LogP contribution is 2.31. The first-order chi connectivity index (χ1) is 11.1. The summed E-state index contributed by atoms with van der Waals surface area (Å²) >= 11 is 0. The summed E-state index contributed by atoms with van der Waals surface area (Å²) in [5.41, 5.74) is 3.70. The first-order valence-corrected chi connectivity index (χ1v) is 8.39. The van der Waals surface area contributed by atoms with Crippen LogP contribution in [0.5, 0.6) is 0 Å². The Morgan fingerprint density at radius 3 is 2.57 bits per heavy atom. The monoisotopic (exact) mass is 308 g/mol. The van der Waals surface area contributed by atoms with Gasteiger partial charge in [0, 0.05) is 31.4 Å². The Labute approximate surface area is 138 Å². The quantitative estimate of drug-likeness (QED) is 0.806. The smallest absolute Gasteiger partial charge is 0.223 e. The second-order valence-corrected chi connectivity index (χ2v) is 6.57. The molecule has 1 aliphatic rings. The van der Waals surface area contributed by atoms with Gasteiger partial charge in [0.15, 0.2) is 0 Å². The van der Waals surface area contributed by atoms with Crippen molar-refractivity contribution in [1.29, 1.82) is 0 Å². The van der Waals surface area contributed by atoms with E-state index in [2.05, 4.69) is 41.9 Å². The fourth-order valence-electron chi connectivity index (χ4n) is 3.12. The molecule has 120 valence electrons. The van der Waals surface area contributed by atoms with E-state index in [1.54, 1.807) is 12.4 Å². The second-order valence-electron chi connectivity index (χ2n) is 6.57. The summed E-state index contributed by atoms with van der Waals surface area (Å²) in [5, 5.41) is 0. The van der Waals surface area contributed by atoms with Gasteiger partial charge in [-0.3, -0.25) is 9.78 Å². The SMILES string of the molecule is Cc1ccccc1C(C)CC(=O)N(Cc1ccncc1)C1CC1. The molecule has 1 aromatic carbocycles. The van der Waals surface area contributed by atoms with Crippen LogP contribution in [-0.2, 0) is 11.3 Å². The molecule has 3 heteroatoms. The third kappa shape index (κ3) is 3.98. The maximum Gasteiger partial charge on any atom is 0.223 e. The van der Waals surface area contributed by atoms with Crippen LogP contribution in [0.3, 0.4) is 0 Å². The maximum atomic E-state index is 12.8. The van der Waals surface area contributed by atoms with Crippen molar-refractivity contribution in [2.45, 2.75) is 51.6 Å². The molecule has 2 aromatic rings. The molecule has 0 N–H and O–H groups in total. The predicted molar refractivity (Wildman–Crippen MR) is 92.0 cm³/mol. The van der Waals surface area contributed by atoms with Crippen LogP contribution in [0.25, 0.3) is 0 Å². The number of hydrogen-bond donors (Lipinski definition) is 0. The van der Waals surface area contributed by atoms with Crippen LogP contribution in [0, 0.1) is 6.92 Å². The molecule has 1 saturated carbocycles. The number of carbonyl (C=O) groups is 1. The Morgan fingerprint density at radius 1 is 1.22 bits per heavy atom. The van der Waals surface area contributed by atoms with E-state index in [1.807, 2.05) is 18.2 Å². The largest absolute Gasteiger partial charge is 0.335 e. The first kappa shape index (κ1) is 15.7. The highest BCUT2D eigenvalue weighted by Gasteiger charge is 2.33. The molecular formula is C20H24N2O. The van der Waals surface area contributed by atoms with E-state index in [1.165, 1.54) is 11.1 Å². The van der Waals surface area contributed by atoms with E-state index in [9.17, 15) is 4.79 Å². The van der Waals surface area contributed by atoms with Crippen LogP contribution in [0.2, 0.25) is 0 Å². The van der Waals surface area contributed by atoms with Gasteiger partial charge in [-0.05, 0) is 54.5 Å². The lowest BCUT2D eigenvalue weighted by Crippen LogP contribution is -2.33. The molecule has 3 rings (SSSR count). The van der Waals surface area contributed by atoms with Gasteiger partial charge in [-0.2, -0.15) is 0 Å². The minimum atomic E-state index is 0.252. The molecule has 1 aromatic heterocycles. The molecule has 1 aliphatic carbocycles. The van der Waals surface area contributed by atoms with Crippen molar-refractivity contribution in [2.24, 2.45) is 0 Å². The van der Waals surface area contributed by atoms with Gasteiger partial charge in [0.1, 0.15) is 0 Å². The first-order valence-electron chi connectivity index (χ1n) is 8.39. The van der Waals surface area contributed by atoms with Crippen molar-refractivity contribution >= 4 is 5.91 Å². The van der Waals surface area contributed by atoms with E-state index >= 15 is 0 Å². The highest BCUT2D eigenvalue weighted by molar-refractivity contribution is 5.78. The number of pyridine rings is 1. The molecule has 23 heavy (non-hydrogen) atoms. The third-order valence-electron chi connectivity index (χ3n) is 4.61. The Bertz CT molecular complexity index is 664. The summed E-state index contributed by atoms with van der Waals surface area (Å²) in [7, 11) is 0. The van der Waals surface area contributed by atoms with Crippen molar-refractivity contribution in [3.8, 4) is 0 Å². The Kier molecular flexibility index (Phi) is 4.75. The Morgan fingerprint density at radius 2 is 1.91 bits per heavy atom. The van der Waals surface area contributed by atoms with Crippen LogP contribution in [0.15, 0.2) is 48.8 Å². The Hall–Kier alpha value is -2.16. The minimum absolute atomic E-state index is 0.252. The second kappa shape index (κ2) is 6.95. The van der Waals surface area contributed by atoms with E-state index in [0.717, 1.165) is 18.4 Å². The van der Waals surface area contributed by atoms with Gasteiger partial charge in [0.25, 0.3) is 0 Å². The molecule has 0 spiro atoms. The fourth-order valence-corrected chi connectivity index (χ4v) is 3.12. The number of benzene rings is 1. The molecule has 1 unspecified atom stereocenters. The molecule has 0 radical (unpaired) electrons. The normalized spacial score (nSPS) is 15.2. The van der Waals surface area contributed by atoms with Gasteiger partial charge in [0.05, 0.1) is 0 Å². The van der Waals surface area contributed by atoms with Gasteiger partial charge >= 0.3 is 0 Å². The van der Waals surface area contributed by atoms with Crippen LogP contribution >= 0.6 is 0 Å². The molecule has 0 aliphatic heterocycles. The number of carbonyl (C=O) groups excluding carboxylic acids is 1. The van der Waals surface area contributed by atoms with Crippen LogP contribution < -0.4 is 0 Å². The van der Waals surface area contributed by atoms with E-state index in [-0.39, 0.29) is 11.8 Å². The topological polar surface area (TPSA) is 33.2 Å². The van der Waals surface area contributed by atoms with Gasteiger partial charge in [0.2, 0.25) is 5.91 Å². The average molecular weight is 308 g/mol. The zero-order valence-corrected chi connectivity index (χ0v) is 13.9. The lowest BCUT2D eigenvalue weighted by atomic mass is 9.93. The van der Waals surface area contributed by atoms with Crippen molar-refractivity contribution in [2.75, 3.05) is 0 Å². The summed E-state index contributed by atoms with van der Waals surface area (Å²) in [4.78, 5) is 18.9. The summed E-state index contributed by atoms with van der Waals surface area (Å²) < 4.78 is 0. The summed E-state index contributed by atoms with van der Waals surface area (Å²) in [6, 6.07) is 12.8. The number of nitrogens with zero attached hydrogens (tertiary/aromatic N) is 2. The fraction of sp³-hybridized carbons (Fsp3) is 0.400. The molecule has 1 atom stereocenters.